The third-order valence-corrected chi connectivity index (χ3v) is 7.32. The molecule has 150 valence electrons. The number of morpholine rings is 1. The third-order valence-electron chi connectivity index (χ3n) is 6.41. The molecule has 2 atom stereocenters. The van der Waals surface area contributed by atoms with Crippen molar-refractivity contribution in [1.29, 1.82) is 0 Å². The van der Waals surface area contributed by atoms with Crippen LogP contribution in [0, 0.1) is 23.7 Å². The maximum absolute atomic E-state index is 12.8. The molecule has 0 spiro atoms. The van der Waals surface area contributed by atoms with Crippen LogP contribution in [0.2, 0.25) is 0 Å². The van der Waals surface area contributed by atoms with Gasteiger partial charge >= 0.3 is 0 Å². The molecule has 7 nitrogen and oxygen atoms in total. The van der Waals surface area contributed by atoms with Crippen LogP contribution in [0.1, 0.15) is 32.0 Å². The van der Waals surface area contributed by atoms with Gasteiger partial charge in [-0.15, -0.1) is 11.8 Å². The Bertz CT molecular complexity index is 688. The van der Waals surface area contributed by atoms with Gasteiger partial charge in [0.15, 0.2) is 5.82 Å². The summed E-state index contributed by atoms with van der Waals surface area (Å²) >= 11 is 1.56. The second kappa shape index (κ2) is 7.37. The van der Waals surface area contributed by atoms with Gasteiger partial charge in [-0.1, -0.05) is 19.0 Å². The number of likely N-dealkylation sites (tertiary alicyclic amines) is 1. The minimum atomic E-state index is 0.239. The first-order valence-corrected chi connectivity index (χ1v) is 11.0. The Morgan fingerprint density at radius 1 is 1.33 bits per heavy atom. The lowest BCUT2D eigenvalue weighted by Crippen LogP contribution is -2.59. The third kappa shape index (κ3) is 3.89. The molecule has 3 fully saturated rings. The summed E-state index contributed by atoms with van der Waals surface area (Å²) in [5.74, 6) is 3.14. The zero-order chi connectivity index (χ0) is 19.1. The largest absolute Gasteiger partial charge is 0.379 e. The van der Waals surface area contributed by atoms with Gasteiger partial charge in [0.1, 0.15) is 0 Å². The molecule has 1 aromatic rings. The van der Waals surface area contributed by atoms with E-state index >= 15 is 0 Å². The van der Waals surface area contributed by atoms with Crippen molar-refractivity contribution in [2.24, 2.45) is 16.7 Å². The molecule has 0 aromatic carbocycles. The van der Waals surface area contributed by atoms with E-state index in [4.69, 9.17) is 9.26 Å². The van der Waals surface area contributed by atoms with E-state index in [-0.39, 0.29) is 11.3 Å². The molecule has 0 bridgehead atoms. The number of carbonyl (C=O) groups excluding carboxylic acids is 1. The van der Waals surface area contributed by atoms with E-state index in [1.807, 2.05) is 0 Å². The van der Waals surface area contributed by atoms with Crippen molar-refractivity contribution >= 4 is 17.7 Å². The number of nitrogens with zero attached hydrogens (tertiary/aromatic N) is 4. The SMILES string of the molecule is Cc1noc(CSCC(=O)N2C[C@@H]3C(C)(C)C[C@]3(CN3CCOCC3)C2)n1. The quantitative estimate of drug-likeness (QED) is 0.729. The molecule has 3 aliphatic rings. The van der Waals surface area contributed by atoms with Crippen LogP contribution in [0.3, 0.4) is 0 Å². The van der Waals surface area contributed by atoms with Gasteiger partial charge in [-0.05, 0) is 24.7 Å². The van der Waals surface area contributed by atoms with Crippen molar-refractivity contribution in [3.8, 4) is 0 Å². The summed E-state index contributed by atoms with van der Waals surface area (Å²) in [6.07, 6.45) is 1.21. The molecule has 0 N–H and O–H groups in total. The zero-order valence-electron chi connectivity index (χ0n) is 16.6. The monoisotopic (exact) mass is 394 g/mol. The Balaban J connectivity index is 1.33. The van der Waals surface area contributed by atoms with Crippen molar-refractivity contribution in [2.45, 2.75) is 32.9 Å². The molecule has 27 heavy (non-hydrogen) atoms. The van der Waals surface area contributed by atoms with E-state index in [0.717, 1.165) is 45.9 Å². The van der Waals surface area contributed by atoms with Crippen LogP contribution in [0.25, 0.3) is 0 Å². The van der Waals surface area contributed by atoms with Crippen LogP contribution in [-0.4, -0.2) is 77.5 Å². The molecule has 2 saturated heterocycles. The lowest BCUT2D eigenvalue weighted by molar-refractivity contribution is -0.127. The van der Waals surface area contributed by atoms with Crippen LogP contribution in [0.5, 0.6) is 0 Å². The fraction of sp³-hybridized carbons (Fsp3) is 0.842. The molecule has 1 aromatic heterocycles. The second-order valence-corrected chi connectivity index (χ2v) is 9.96. The van der Waals surface area contributed by atoms with Gasteiger partial charge in [-0.25, -0.2) is 0 Å². The average molecular weight is 395 g/mol. The molecule has 0 unspecified atom stereocenters. The van der Waals surface area contributed by atoms with E-state index < -0.39 is 0 Å². The summed E-state index contributed by atoms with van der Waals surface area (Å²) in [5.41, 5.74) is 0.598. The van der Waals surface area contributed by atoms with Gasteiger partial charge in [0, 0.05) is 38.1 Å². The summed E-state index contributed by atoms with van der Waals surface area (Å²) in [5, 5.41) is 3.79. The topological polar surface area (TPSA) is 71.7 Å². The summed E-state index contributed by atoms with van der Waals surface area (Å²) in [4.78, 5) is 21.6. The Labute approximate surface area is 165 Å². The summed E-state index contributed by atoms with van der Waals surface area (Å²) < 4.78 is 10.6. The highest BCUT2D eigenvalue weighted by Crippen LogP contribution is 2.63. The first kappa shape index (κ1) is 19.2. The number of hydrogen-bond acceptors (Lipinski definition) is 7. The molecule has 2 aliphatic heterocycles. The number of amides is 1. The Kier molecular flexibility index (Phi) is 5.24. The molecule has 1 saturated carbocycles. The number of rotatable bonds is 6. The van der Waals surface area contributed by atoms with E-state index in [2.05, 4.69) is 33.8 Å². The normalized spacial score (nSPS) is 30.2. The Morgan fingerprint density at radius 3 is 2.78 bits per heavy atom. The standard InChI is InChI=1S/C19H30N4O3S/c1-14-20-16(26-21-14)9-27-10-17(24)23-8-15-18(2,3)11-19(15,13-23)12-22-4-6-25-7-5-22/h15H,4-13H2,1-3H3/t15-,19+/m1/s1. The van der Waals surface area contributed by atoms with Crippen molar-refractivity contribution in [3.63, 3.8) is 0 Å². The fourth-order valence-corrected chi connectivity index (χ4v) is 6.20. The van der Waals surface area contributed by atoms with E-state index in [1.54, 1.807) is 18.7 Å². The van der Waals surface area contributed by atoms with E-state index in [0.29, 0.717) is 34.6 Å². The number of aromatic nitrogens is 2. The van der Waals surface area contributed by atoms with Crippen LogP contribution >= 0.6 is 11.8 Å². The second-order valence-electron chi connectivity index (χ2n) is 8.97. The van der Waals surface area contributed by atoms with Crippen molar-refractivity contribution in [1.82, 2.24) is 19.9 Å². The van der Waals surface area contributed by atoms with Crippen molar-refractivity contribution in [3.05, 3.63) is 11.7 Å². The lowest BCUT2D eigenvalue weighted by atomic mass is 9.48. The molecule has 3 heterocycles. The fourth-order valence-electron chi connectivity index (χ4n) is 5.45. The molecule has 1 amide bonds. The highest BCUT2D eigenvalue weighted by molar-refractivity contribution is 7.99. The summed E-state index contributed by atoms with van der Waals surface area (Å²) in [6, 6.07) is 0. The lowest BCUT2D eigenvalue weighted by Gasteiger charge is -2.58. The van der Waals surface area contributed by atoms with Gasteiger partial charge < -0.3 is 14.2 Å². The number of carbonyl (C=O) groups is 1. The first-order valence-electron chi connectivity index (χ1n) is 9.83. The van der Waals surface area contributed by atoms with Crippen molar-refractivity contribution in [2.75, 3.05) is 51.7 Å². The van der Waals surface area contributed by atoms with Gasteiger partial charge in [0.25, 0.3) is 0 Å². The van der Waals surface area contributed by atoms with Gasteiger partial charge in [0.2, 0.25) is 11.8 Å². The van der Waals surface area contributed by atoms with Crippen LogP contribution in [0.4, 0.5) is 0 Å². The number of ether oxygens (including phenoxy) is 1. The molecular weight excluding hydrogens is 364 g/mol. The Hall–Kier alpha value is -1.12. The molecule has 1 aliphatic carbocycles. The Morgan fingerprint density at radius 2 is 2.11 bits per heavy atom. The van der Waals surface area contributed by atoms with Crippen LogP contribution in [-0.2, 0) is 15.3 Å². The van der Waals surface area contributed by atoms with Gasteiger partial charge in [-0.3, -0.25) is 9.69 Å². The number of thioether (sulfide) groups is 1. The summed E-state index contributed by atoms with van der Waals surface area (Å²) in [6.45, 7) is 13.1. The molecule has 0 radical (unpaired) electrons. The van der Waals surface area contributed by atoms with E-state index in [9.17, 15) is 4.79 Å². The van der Waals surface area contributed by atoms with Crippen LogP contribution < -0.4 is 0 Å². The average Bonchev–Trinajstić information content (AvgIpc) is 3.17. The highest BCUT2D eigenvalue weighted by atomic mass is 32.2. The summed E-state index contributed by atoms with van der Waals surface area (Å²) in [7, 11) is 0. The van der Waals surface area contributed by atoms with E-state index in [1.165, 1.54) is 6.42 Å². The number of fused-ring (bicyclic) bond motifs is 1. The van der Waals surface area contributed by atoms with Gasteiger partial charge in [-0.2, -0.15) is 4.98 Å². The first-order chi connectivity index (χ1) is 12.9. The maximum atomic E-state index is 12.8. The number of hydrogen-bond donors (Lipinski definition) is 0. The minimum Gasteiger partial charge on any atom is -0.379 e. The smallest absolute Gasteiger partial charge is 0.236 e. The molecular formula is C19H30N4O3S. The predicted molar refractivity (Wildman–Crippen MR) is 103 cm³/mol. The highest BCUT2D eigenvalue weighted by Gasteiger charge is 2.63. The maximum Gasteiger partial charge on any atom is 0.236 e. The molecule has 4 rings (SSSR count). The van der Waals surface area contributed by atoms with Crippen molar-refractivity contribution < 1.29 is 14.1 Å². The number of aryl methyl sites for hydroxylation is 1. The minimum absolute atomic E-state index is 0.239. The zero-order valence-corrected chi connectivity index (χ0v) is 17.4. The molecule has 8 heteroatoms. The predicted octanol–water partition coefficient (Wildman–Crippen LogP) is 1.82. The van der Waals surface area contributed by atoms with Gasteiger partial charge in [0.05, 0.1) is 24.7 Å². The van der Waals surface area contributed by atoms with Crippen LogP contribution in [0.15, 0.2) is 4.52 Å².